The van der Waals surface area contributed by atoms with Gasteiger partial charge in [-0.05, 0) is 68.6 Å². The van der Waals surface area contributed by atoms with Gasteiger partial charge in [0.2, 0.25) is 5.91 Å². The van der Waals surface area contributed by atoms with E-state index >= 15 is 0 Å². The van der Waals surface area contributed by atoms with Crippen molar-refractivity contribution >= 4 is 12.0 Å². The van der Waals surface area contributed by atoms with Crippen molar-refractivity contribution in [2.45, 2.75) is 82.9 Å². The fourth-order valence-electron chi connectivity index (χ4n) is 6.67. The normalized spacial score (nSPS) is 29.0. The Kier molecular flexibility index (Phi) is 7.35. The highest BCUT2D eigenvalue weighted by Crippen LogP contribution is 2.53. The third kappa shape index (κ3) is 4.64. The lowest BCUT2D eigenvalue weighted by molar-refractivity contribution is -0.141. The van der Waals surface area contributed by atoms with Gasteiger partial charge in [-0.1, -0.05) is 19.4 Å². The molecule has 1 aliphatic carbocycles. The number of carbonyl (C=O) groups is 2. The molecule has 2 heterocycles. The zero-order chi connectivity index (χ0) is 23.4. The SMILES string of the molecule is CCC[C@H]1[C@@H](OC(=O)NCc2ccc(OC)c(OC)c2)CC[C@@]23CCCN2C(=O)CCC[C@@H]13. The van der Waals surface area contributed by atoms with Crippen LogP contribution >= 0.6 is 0 Å². The predicted octanol–water partition coefficient (Wildman–Crippen LogP) is 4.67. The van der Waals surface area contributed by atoms with E-state index in [0.29, 0.717) is 42.2 Å². The molecule has 182 valence electrons. The first-order valence-corrected chi connectivity index (χ1v) is 12.5. The lowest BCUT2D eigenvalue weighted by Crippen LogP contribution is -2.58. The first-order chi connectivity index (χ1) is 16.0. The summed E-state index contributed by atoms with van der Waals surface area (Å²) in [6.45, 7) is 3.45. The minimum absolute atomic E-state index is 0.0105. The lowest BCUT2D eigenvalue weighted by Gasteiger charge is -2.52. The van der Waals surface area contributed by atoms with Gasteiger partial charge in [-0.2, -0.15) is 0 Å². The summed E-state index contributed by atoms with van der Waals surface area (Å²) in [5, 5.41) is 2.91. The van der Waals surface area contributed by atoms with Gasteiger partial charge in [-0.25, -0.2) is 4.79 Å². The Labute approximate surface area is 197 Å². The maximum Gasteiger partial charge on any atom is 0.407 e. The number of amides is 2. The number of ether oxygens (including phenoxy) is 3. The summed E-state index contributed by atoms with van der Waals surface area (Å²) in [4.78, 5) is 27.8. The second kappa shape index (κ2) is 10.2. The van der Waals surface area contributed by atoms with Crippen molar-refractivity contribution in [3.8, 4) is 11.5 Å². The molecule has 4 rings (SSSR count). The van der Waals surface area contributed by atoms with Crippen LogP contribution in [0.2, 0.25) is 0 Å². The van der Waals surface area contributed by atoms with Crippen LogP contribution in [0.1, 0.15) is 70.3 Å². The molecule has 4 atom stereocenters. The summed E-state index contributed by atoms with van der Waals surface area (Å²) in [7, 11) is 3.20. The number of nitrogens with zero attached hydrogens (tertiary/aromatic N) is 1. The van der Waals surface area contributed by atoms with E-state index in [1.165, 1.54) is 0 Å². The van der Waals surface area contributed by atoms with Gasteiger partial charge in [-0.3, -0.25) is 4.79 Å². The van der Waals surface area contributed by atoms with E-state index < -0.39 is 0 Å². The molecule has 3 fully saturated rings. The summed E-state index contributed by atoms with van der Waals surface area (Å²) in [5.41, 5.74) is 0.907. The molecule has 0 unspecified atom stereocenters. The molecular formula is C26H38N2O5. The van der Waals surface area contributed by atoms with E-state index in [1.807, 2.05) is 18.2 Å². The van der Waals surface area contributed by atoms with Crippen LogP contribution in [-0.4, -0.2) is 49.3 Å². The van der Waals surface area contributed by atoms with Crippen LogP contribution in [0, 0.1) is 11.8 Å². The van der Waals surface area contributed by atoms with E-state index in [0.717, 1.165) is 63.5 Å². The molecule has 0 bridgehead atoms. The largest absolute Gasteiger partial charge is 0.493 e. The maximum absolute atomic E-state index is 12.8. The van der Waals surface area contributed by atoms with Crippen LogP contribution in [-0.2, 0) is 16.1 Å². The second-order valence-electron chi connectivity index (χ2n) is 9.73. The monoisotopic (exact) mass is 458 g/mol. The molecule has 1 aromatic rings. The number of rotatable bonds is 7. The smallest absolute Gasteiger partial charge is 0.407 e. The molecule has 7 heteroatoms. The summed E-state index contributed by atoms with van der Waals surface area (Å²) in [6.07, 6.45) is 8.24. The second-order valence-corrected chi connectivity index (χ2v) is 9.73. The highest BCUT2D eigenvalue weighted by Gasteiger charge is 2.56. The third-order valence-electron chi connectivity index (χ3n) is 8.05. The molecule has 2 amide bonds. The Balaban J connectivity index is 1.42. The van der Waals surface area contributed by atoms with Crippen LogP contribution < -0.4 is 14.8 Å². The van der Waals surface area contributed by atoms with Gasteiger partial charge in [0.25, 0.3) is 0 Å². The number of hydrogen-bond donors (Lipinski definition) is 1. The summed E-state index contributed by atoms with van der Waals surface area (Å²) >= 11 is 0. The quantitative estimate of drug-likeness (QED) is 0.643. The van der Waals surface area contributed by atoms with E-state index in [1.54, 1.807) is 14.2 Å². The number of benzene rings is 1. The Morgan fingerprint density at radius 2 is 1.97 bits per heavy atom. The van der Waals surface area contributed by atoms with Gasteiger partial charge in [-0.15, -0.1) is 0 Å². The van der Waals surface area contributed by atoms with Gasteiger partial charge in [0, 0.05) is 31.0 Å². The van der Waals surface area contributed by atoms with Crippen LogP contribution in [0.3, 0.4) is 0 Å². The topological polar surface area (TPSA) is 77.1 Å². The minimum Gasteiger partial charge on any atom is -0.493 e. The molecule has 7 nitrogen and oxygen atoms in total. The summed E-state index contributed by atoms with van der Waals surface area (Å²) in [5.74, 6) is 2.35. The molecule has 1 saturated carbocycles. The fourth-order valence-corrected chi connectivity index (χ4v) is 6.67. The first kappa shape index (κ1) is 23.7. The molecule has 1 spiro atoms. The number of nitrogens with one attached hydrogen (secondary N) is 1. The van der Waals surface area contributed by atoms with Gasteiger partial charge in [0.15, 0.2) is 11.5 Å². The first-order valence-electron chi connectivity index (χ1n) is 12.5. The molecule has 1 N–H and O–H groups in total. The molecule has 2 aliphatic heterocycles. The van der Waals surface area contributed by atoms with Crippen LogP contribution in [0.25, 0.3) is 0 Å². The standard InChI is InChI=1S/C26H38N2O5/c1-4-7-19-20-8-5-9-24(29)28-15-6-13-26(20,28)14-12-21(19)33-25(30)27-17-18-10-11-22(31-2)23(16-18)32-3/h10-11,16,19-21H,4-9,12-15,17H2,1-3H3,(H,27,30)/t19-,20+,21+,26-/m1/s1. The maximum atomic E-state index is 12.8. The minimum atomic E-state index is -0.375. The van der Waals surface area contributed by atoms with Crippen molar-refractivity contribution in [2.24, 2.45) is 11.8 Å². The predicted molar refractivity (Wildman–Crippen MR) is 125 cm³/mol. The van der Waals surface area contributed by atoms with Crippen molar-refractivity contribution in [1.29, 1.82) is 0 Å². The molecule has 0 radical (unpaired) electrons. The van der Waals surface area contributed by atoms with Gasteiger partial charge in [0.1, 0.15) is 6.10 Å². The molecular weight excluding hydrogens is 420 g/mol. The number of methoxy groups -OCH3 is 2. The van der Waals surface area contributed by atoms with Gasteiger partial charge >= 0.3 is 6.09 Å². The number of alkyl carbamates (subject to hydrolysis) is 1. The summed E-state index contributed by atoms with van der Waals surface area (Å²) < 4.78 is 16.7. The van der Waals surface area contributed by atoms with Crippen LogP contribution in [0.5, 0.6) is 11.5 Å². The van der Waals surface area contributed by atoms with Crippen LogP contribution in [0.15, 0.2) is 18.2 Å². The van der Waals surface area contributed by atoms with E-state index in [2.05, 4.69) is 17.1 Å². The van der Waals surface area contributed by atoms with Crippen molar-refractivity contribution in [2.75, 3.05) is 20.8 Å². The molecule has 2 saturated heterocycles. The lowest BCUT2D eigenvalue weighted by atomic mass is 9.62. The fraction of sp³-hybridized carbons (Fsp3) is 0.692. The zero-order valence-electron chi connectivity index (χ0n) is 20.2. The molecule has 1 aromatic carbocycles. The Morgan fingerprint density at radius 3 is 2.73 bits per heavy atom. The van der Waals surface area contributed by atoms with E-state index in [9.17, 15) is 9.59 Å². The number of carbonyl (C=O) groups excluding carboxylic acids is 2. The summed E-state index contributed by atoms with van der Waals surface area (Å²) in [6, 6.07) is 5.60. The molecule has 3 aliphatic rings. The third-order valence-corrected chi connectivity index (χ3v) is 8.05. The van der Waals surface area contributed by atoms with Crippen molar-refractivity contribution in [3.05, 3.63) is 23.8 Å². The van der Waals surface area contributed by atoms with Crippen molar-refractivity contribution in [1.82, 2.24) is 10.2 Å². The van der Waals surface area contributed by atoms with E-state index in [4.69, 9.17) is 14.2 Å². The Morgan fingerprint density at radius 1 is 1.15 bits per heavy atom. The number of hydrogen-bond acceptors (Lipinski definition) is 5. The van der Waals surface area contributed by atoms with Crippen molar-refractivity contribution in [3.63, 3.8) is 0 Å². The Bertz CT molecular complexity index is 859. The highest BCUT2D eigenvalue weighted by atomic mass is 16.6. The van der Waals surface area contributed by atoms with Crippen molar-refractivity contribution < 1.29 is 23.8 Å². The van der Waals surface area contributed by atoms with Gasteiger partial charge < -0.3 is 24.4 Å². The Hall–Kier alpha value is -2.44. The average molecular weight is 459 g/mol. The van der Waals surface area contributed by atoms with E-state index in [-0.39, 0.29) is 17.7 Å². The molecule has 0 aromatic heterocycles. The van der Waals surface area contributed by atoms with Gasteiger partial charge in [0.05, 0.1) is 14.2 Å². The average Bonchev–Trinajstić information content (AvgIpc) is 3.19. The van der Waals surface area contributed by atoms with Crippen LogP contribution in [0.4, 0.5) is 4.79 Å². The zero-order valence-corrected chi connectivity index (χ0v) is 20.2. The highest BCUT2D eigenvalue weighted by molar-refractivity contribution is 5.78. The molecule has 33 heavy (non-hydrogen) atoms.